The monoisotopic (exact) mass is 254 g/mol. The number of rotatable bonds is 6. The van der Waals surface area contributed by atoms with Gasteiger partial charge in [-0.1, -0.05) is 5.11 Å². The average Bonchev–Trinajstić information content (AvgIpc) is 2.32. The Hall–Kier alpha value is -2.31. The van der Waals surface area contributed by atoms with Gasteiger partial charge in [-0.25, -0.2) is 4.39 Å². The van der Waals surface area contributed by atoms with Crippen LogP contribution in [-0.4, -0.2) is 29.3 Å². The highest BCUT2D eigenvalue weighted by Crippen LogP contribution is 2.25. The van der Waals surface area contributed by atoms with Crippen molar-refractivity contribution in [2.24, 2.45) is 5.11 Å². The number of halogens is 1. The van der Waals surface area contributed by atoms with Gasteiger partial charge in [-0.05, 0) is 23.7 Å². The summed E-state index contributed by atoms with van der Waals surface area (Å²) < 4.78 is 13.0. The highest BCUT2D eigenvalue weighted by Gasteiger charge is 2.22. The molecule has 1 atom stereocenters. The van der Waals surface area contributed by atoms with E-state index in [4.69, 9.17) is 10.6 Å². The van der Waals surface area contributed by atoms with Gasteiger partial charge in [0.05, 0.1) is 0 Å². The Morgan fingerprint density at radius 2 is 2.33 bits per heavy atom. The second-order valence-corrected chi connectivity index (χ2v) is 3.38. The maximum absolute atomic E-state index is 13.0. The number of aromatic hydroxyl groups is 1. The number of aliphatic carboxylic acids is 1. The van der Waals surface area contributed by atoms with Crippen LogP contribution in [0.5, 0.6) is 5.75 Å². The van der Waals surface area contributed by atoms with Crippen molar-refractivity contribution in [3.05, 3.63) is 40.0 Å². The first-order valence-corrected chi connectivity index (χ1v) is 5.01. The third-order valence-corrected chi connectivity index (χ3v) is 2.17. The molecule has 1 aromatic carbocycles. The molecule has 1 aromatic rings. The molecule has 0 spiro atoms. The van der Waals surface area contributed by atoms with Gasteiger partial charge in [0.15, 0.2) is 0 Å². The largest absolute Gasteiger partial charge is 0.508 e. The van der Waals surface area contributed by atoms with Crippen molar-refractivity contribution < 1.29 is 19.4 Å². The van der Waals surface area contributed by atoms with Crippen LogP contribution in [0.15, 0.2) is 23.3 Å². The summed E-state index contributed by atoms with van der Waals surface area (Å²) in [4.78, 5) is 13.5. The number of benzene rings is 1. The van der Waals surface area contributed by atoms with Crippen LogP contribution >= 0.6 is 0 Å². The molecule has 0 aliphatic heterocycles. The summed E-state index contributed by atoms with van der Waals surface area (Å²) in [6.07, 6.45) is 0. The molecule has 0 radical (unpaired) electrons. The Morgan fingerprint density at radius 1 is 1.61 bits per heavy atom. The number of hydrogen-bond acceptors (Lipinski definition) is 4. The van der Waals surface area contributed by atoms with Crippen molar-refractivity contribution in [1.82, 2.24) is 5.32 Å². The Labute approximate surface area is 101 Å². The quantitative estimate of drug-likeness (QED) is 0.309. The summed E-state index contributed by atoms with van der Waals surface area (Å²) in [7, 11) is 0. The highest BCUT2D eigenvalue weighted by molar-refractivity contribution is 5.76. The summed E-state index contributed by atoms with van der Waals surface area (Å²) in [5.41, 5.74) is 7.98. The van der Waals surface area contributed by atoms with Crippen molar-refractivity contribution in [3.63, 3.8) is 0 Å². The van der Waals surface area contributed by atoms with E-state index < -0.39 is 17.8 Å². The van der Waals surface area contributed by atoms with E-state index in [1.165, 1.54) is 0 Å². The van der Waals surface area contributed by atoms with Crippen LogP contribution in [0.25, 0.3) is 10.4 Å². The number of phenols is 1. The minimum atomic E-state index is -1.27. The van der Waals surface area contributed by atoms with Gasteiger partial charge < -0.3 is 15.5 Å². The maximum atomic E-state index is 13.0. The number of carboxylic acids is 1. The molecule has 1 unspecified atom stereocenters. The molecule has 8 heteroatoms. The number of nitrogens with one attached hydrogen (secondary N) is 1. The van der Waals surface area contributed by atoms with E-state index in [2.05, 4.69) is 15.3 Å². The summed E-state index contributed by atoms with van der Waals surface area (Å²) in [5, 5.41) is 24.3. The molecule has 7 nitrogen and oxygen atoms in total. The molecule has 0 saturated carbocycles. The molecule has 0 amide bonds. The van der Waals surface area contributed by atoms with Crippen LogP contribution in [0.2, 0.25) is 0 Å². The molecule has 0 aliphatic rings. The fourth-order valence-electron chi connectivity index (χ4n) is 1.39. The van der Waals surface area contributed by atoms with E-state index in [-0.39, 0.29) is 24.4 Å². The van der Waals surface area contributed by atoms with Gasteiger partial charge in [-0.3, -0.25) is 4.79 Å². The van der Waals surface area contributed by atoms with Crippen molar-refractivity contribution >= 4 is 5.97 Å². The number of nitrogens with zero attached hydrogens (tertiary/aromatic N) is 3. The number of phenolic OH excluding ortho intramolecular Hbond substituents is 1. The molecule has 3 N–H and O–H groups in total. The second kappa shape index (κ2) is 6.43. The Kier molecular flexibility index (Phi) is 4.91. The maximum Gasteiger partial charge on any atom is 0.325 e. The molecule has 96 valence electrons. The zero-order valence-corrected chi connectivity index (χ0v) is 9.25. The van der Waals surface area contributed by atoms with Crippen molar-refractivity contribution in [2.45, 2.75) is 6.04 Å². The van der Waals surface area contributed by atoms with E-state index >= 15 is 0 Å². The molecule has 18 heavy (non-hydrogen) atoms. The van der Waals surface area contributed by atoms with Crippen molar-refractivity contribution in [1.29, 1.82) is 0 Å². The fourth-order valence-corrected chi connectivity index (χ4v) is 1.39. The van der Waals surface area contributed by atoms with E-state index in [0.717, 1.165) is 18.2 Å². The molecule has 0 saturated heterocycles. The number of carbonyl (C=O) groups is 1. The Morgan fingerprint density at radius 3 is 2.94 bits per heavy atom. The van der Waals surface area contributed by atoms with Gasteiger partial charge in [0, 0.05) is 23.6 Å². The third-order valence-electron chi connectivity index (χ3n) is 2.17. The van der Waals surface area contributed by atoms with Gasteiger partial charge in [-0.2, -0.15) is 0 Å². The first kappa shape index (κ1) is 13.8. The number of hydrogen-bond donors (Lipinski definition) is 3. The van der Waals surface area contributed by atoms with Gasteiger partial charge in [0.25, 0.3) is 0 Å². The SMILES string of the molecule is [N-]=[N+]=NCCNC(C(=O)O)c1cc(F)ccc1O. The average molecular weight is 254 g/mol. The zero-order chi connectivity index (χ0) is 13.5. The molecule has 0 bridgehead atoms. The van der Waals surface area contributed by atoms with Gasteiger partial charge >= 0.3 is 5.97 Å². The van der Waals surface area contributed by atoms with Crippen molar-refractivity contribution in [2.75, 3.05) is 13.1 Å². The smallest absolute Gasteiger partial charge is 0.325 e. The van der Waals surface area contributed by atoms with Gasteiger partial charge in [0.2, 0.25) is 0 Å². The van der Waals surface area contributed by atoms with E-state index in [9.17, 15) is 14.3 Å². The summed E-state index contributed by atoms with van der Waals surface area (Å²) in [5.74, 6) is -2.23. The van der Waals surface area contributed by atoms with Crippen LogP contribution < -0.4 is 5.32 Å². The summed E-state index contributed by atoms with van der Waals surface area (Å²) in [6, 6.07) is 1.77. The van der Waals surface area contributed by atoms with Crippen LogP contribution in [0.4, 0.5) is 4.39 Å². The number of carboxylic acid groups (broad SMARTS) is 1. The van der Waals surface area contributed by atoms with E-state index in [1.54, 1.807) is 0 Å². The van der Waals surface area contributed by atoms with Crippen LogP contribution in [-0.2, 0) is 4.79 Å². The molecule has 0 aliphatic carbocycles. The lowest BCUT2D eigenvalue weighted by atomic mass is 10.1. The van der Waals surface area contributed by atoms with E-state index in [0.29, 0.717) is 0 Å². The van der Waals surface area contributed by atoms with Crippen LogP contribution in [0.1, 0.15) is 11.6 Å². The normalized spacial score (nSPS) is 11.6. The highest BCUT2D eigenvalue weighted by atomic mass is 19.1. The molecule has 0 fully saturated rings. The first-order valence-electron chi connectivity index (χ1n) is 5.01. The zero-order valence-electron chi connectivity index (χ0n) is 9.25. The lowest BCUT2D eigenvalue weighted by Crippen LogP contribution is -2.30. The lowest BCUT2D eigenvalue weighted by Gasteiger charge is -2.15. The predicted molar refractivity (Wildman–Crippen MR) is 60.5 cm³/mol. The second-order valence-electron chi connectivity index (χ2n) is 3.38. The lowest BCUT2D eigenvalue weighted by molar-refractivity contribution is -0.139. The minimum absolute atomic E-state index is 0.0519. The first-order chi connectivity index (χ1) is 8.56. The Bertz CT molecular complexity index is 488. The Balaban J connectivity index is 2.87. The third kappa shape index (κ3) is 3.62. The molecule has 0 aromatic heterocycles. The summed E-state index contributed by atoms with van der Waals surface area (Å²) in [6.45, 7) is 0.146. The molecule has 0 heterocycles. The van der Waals surface area contributed by atoms with Crippen LogP contribution in [0.3, 0.4) is 0 Å². The van der Waals surface area contributed by atoms with E-state index in [1.807, 2.05) is 0 Å². The molecular weight excluding hydrogens is 243 g/mol. The fraction of sp³-hybridized carbons (Fsp3) is 0.300. The topological polar surface area (TPSA) is 118 Å². The number of azide groups is 1. The summed E-state index contributed by atoms with van der Waals surface area (Å²) >= 11 is 0. The standard InChI is InChI=1S/C10H11FN4O3/c11-6-1-2-8(16)7(5-6)9(10(17)18)13-3-4-14-15-12/h1-2,5,9,13,16H,3-4H2,(H,17,18). The van der Waals surface area contributed by atoms with Crippen LogP contribution in [0, 0.1) is 5.82 Å². The molecular formula is C10H11FN4O3. The predicted octanol–water partition coefficient (Wildman–Crippen LogP) is 1.56. The minimum Gasteiger partial charge on any atom is -0.508 e. The van der Waals surface area contributed by atoms with Gasteiger partial charge in [-0.15, -0.1) is 0 Å². The van der Waals surface area contributed by atoms with Crippen molar-refractivity contribution in [3.8, 4) is 5.75 Å². The van der Waals surface area contributed by atoms with Gasteiger partial charge in [0.1, 0.15) is 17.6 Å². The molecule has 1 rings (SSSR count).